The van der Waals surface area contributed by atoms with Gasteiger partial charge in [-0.15, -0.1) is 0 Å². The zero-order valence-electron chi connectivity index (χ0n) is 14.6. The van der Waals surface area contributed by atoms with Crippen LogP contribution in [0.25, 0.3) is 5.69 Å². The first-order valence-corrected chi connectivity index (χ1v) is 8.35. The number of ether oxygens (including phenoxy) is 1. The number of halogens is 1. The maximum atomic E-state index is 13.0. The molecule has 144 valence electrons. The first-order valence-electron chi connectivity index (χ1n) is 8.35. The number of aromatic nitrogens is 1. The second kappa shape index (κ2) is 6.71. The number of carbonyl (C=O) groups excluding carboxylic acids is 3. The summed E-state index contributed by atoms with van der Waals surface area (Å²) in [6.07, 6.45) is 0. The molecule has 0 saturated heterocycles. The maximum Gasteiger partial charge on any atom is 0.345 e. The van der Waals surface area contributed by atoms with Gasteiger partial charge in [-0.25, -0.2) is 9.18 Å². The van der Waals surface area contributed by atoms with Gasteiger partial charge in [0.05, 0.1) is 22.4 Å². The van der Waals surface area contributed by atoms with Gasteiger partial charge in [0.2, 0.25) is 0 Å². The molecule has 0 fully saturated rings. The second-order valence-electron chi connectivity index (χ2n) is 6.14. The first kappa shape index (κ1) is 18.1. The van der Waals surface area contributed by atoms with Crippen LogP contribution in [0.4, 0.5) is 10.2 Å². The van der Waals surface area contributed by atoms with Gasteiger partial charge < -0.3 is 10.5 Å². The second-order valence-corrected chi connectivity index (χ2v) is 6.14. The van der Waals surface area contributed by atoms with E-state index in [1.165, 1.54) is 24.3 Å². The van der Waals surface area contributed by atoms with Gasteiger partial charge in [-0.2, -0.15) is 0 Å². The molecule has 0 saturated carbocycles. The highest BCUT2D eigenvalue weighted by Gasteiger charge is 2.32. The Kier molecular flexibility index (Phi) is 4.19. The molecule has 0 radical (unpaired) electrons. The lowest BCUT2D eigenvalue weighted by Crippen LogP contribution is -2.26. The van der Waals surface area contributed by atoms with Crippen molar-refractivity contribution in [3.05, 3.63) is 87.5 Å². The predicted molar refractivity (Wildman–Crippen MR) is 99.6 cm³/mol. The van der Waals surface area contributed by atoms with E-state index in [1.54, 1.807) is 12.1 Å². The molecule has 0 atom stereocenters. The molecule has 2 heterocycles. The Morgan fingerprint density at radius 3 is 2.41 bits per heavy atom. The number of esters is 1. The fourth-order valence-electron chi connectivity index (χ4n) is 3.03. The number of nitrogens with one attached hydrogen (secondary N) is 1. The molecule has 2 amide bonds. The fourth-order valence-corrected chi connectivity index (χ4v) is 3.03. The van der Waals surface area contributed by atoms with E-state index in [0.717, 1.165) is 22.8 Å². The SMILES string of the molecule is Nc1c2c(cc(=O)n1-c1ccccc1C(=O)Oc1ccc(F)cc1)C(=O)NC2=O. The number of para-hydroxylation sites is 1. The summed E-state index contributed by atoms with van der Waals surface area (Å²) in [6.45, 7) is 0. The number of anilines is 1. The zero-order valence-corrected chi connectivity index (χ0v) is 14.6. The topological polar surface area (TPSA) is 120 Å². The van der Waals surface area contributed by atoms with Gasteiger partial charge in [-0.3, -0.25) is 24.3 Å². The van der Waals surface area contributed by atoms with Crippen molar-refractivity contribution in [2.24, 2.45) is 0 Å². The van der Waals surface area contributed by atoms with Crippen molar-refractivity contribution in [1.82, 2.24) is 9.88 Å². The van der Waals surface area contributed by atoms with Gasteiger partial charge >= 0.3 is 5.97 Å². The van der Waals surface area contributed by atoms with E-state index in [-0.39, 0.29) is 33.9 Å². The number of hydrogen-bond donors (Lipinski definition) is 2. The molecular formula is C20H12FN3O5. The molecule has 1 aromatic heterocycles. The highest BCUT2D eigenvalue weighted by molar-refractivity contribution is 6.23. The maximum absolute atomic E-state index is 13.0. The number of amides is 2. The van der Waals surface area contributed by atoms with Gasteiger partial charge in [0.1, 0.15) is 17.4 Å². The van der Waals surface area contributed by atoms with Crippen LogP contribution in [0.1, 0.15) is 31.1 Å². The minimum Gasteiger partial charge on any atom is -0.423 e. The largest absolute Gasteiger partial charge is 0.423 e. The standard InChI is InChI=1S/C20H12FN3O5/c21-10-5-7-11(8-6-10)29-20(28)12-3-1-2-4-14(12)24-15(25)9-13-16(17(24)22)19(27)23-18(13)26/h1-9H,22H2,(H,23,26,27). The Bertz CT molecular complexity index is 1250. The van der Waals surface area contributed by atoms with Crippen molar-refractivity contribution in [1.29, 1.82) is 0 Å². The number of carbonyl (C=O) groups is 3. The van der Waals surface area contributed by atoms with E-state index in [9.17, 15) is 23.6 Å². The van der Waals surface area contributed by atoms with Crippen LogP contribution in [0.5, 0.6) is 5.75 Å². The van der Waals surface area contributed by atoms with E-state index in [1.807, 2.05) is 0 Å². The lowest BCUT2D eigenvalue weighted by Gasteiger charge is -2.15. The fraction of sp³-hybridized carbons (Fsp3) is 0. The van der Waals surface area contributed by atoms with Crippen molar-refractivity contribution in [3.8, 4) is 11.4 Å². The zero-order chi connectivity index (χ0) is 20.7. The lowest BCUT2D eigenvalue weighted by molar-refractivity contribution is 0.0733. The van der Waals surface area contributed by atoms with Crippen molar-refractivity contribution >= 4 is 23.6 Å². The normalized spacial score (nSPS) is 12.4. The third-order valence-corrected chi connectivity index (χ3v) is 4.34. The molecule has 9 heteroatoms. The summed E-state index contributed by atoms with van der Waals surface area (Å²) in [4.78, 5) is 49.1. The molecular weight excluding hydrogens is 381 g/mol. The summed E-state index contributed by atoms with van der Waals surface area (Å²) in [7, 11) is 0. The van der Waals surface area contributed by atoms with E-state index < -0.39 is 29.2 Å². The average molecular weight is 393 g/mol. The number of nitrogens with zero attached hydrogens (tertiary/aromatic N) is 1. The Labute approximate surface area is 162 Å². The molecule has 1 aliphatic rings. The van der Waals surface area contributed by atoms with Crippen LogP contribution in [-0.4, -0.2) is 22.4 Å². The molecule has 0 aliphatic carbocycles. The van der Waals surface area contributed by atoms with Gasteiger partial charge in [-0.1, -0.05) is 12.1 Å². The van der Waals surface area contributed by atoms with Crippen LogP contribution in [0, 0.1) is 5.82 Å². The van der Waals surface area contributed by atoms with Crippen LogP contribution >= 0.6 is 0 Å². The molecule has 0 bridgehead atoms. The number of imide groups is 1. The Morgan fingerprint density at radius 2 is 1.69 bits per heavy atom. The summed E-state index contributed by atoms with van der Waals surface area (Å²) < 4.78 is 19.2. The van der Waals surface area contributed by atoms with E-state index >= 15 is 0 Å². The molecule has 8 nitrogen and oxygen atoms in total. The quantitative estimate of drug-likeness (QED) is 0.397. The highest BCUT2D eigenvalue weighted by Crippen LogP contribution is 2.25. The number of nitrogen functional groups attached to an aromatic ring is 1. The monoisotopic (exact) mass is 393 g/mol. The van der Waals surface area contributed by atoms with E-state index in [0.29, 0.717) is 0 Å². The minimum absolute atomic E-state index is 0.0182. The Morgan fingerprint density at radius 1 is 1.00 bits per heavy atom. The van der Waals surface area contributed by atoms with Gasteiger partial charge in [0.15, 0.2) is 0 Å². The molecule has 0 spiro atoms. The van der Waals surface area contributed by atoms with Crippen LogP contribution in [0.3, 0.4) is 0 Å². The molecule has 29 heavy (non-hydrogen) atoms. The van der Waals surface area contributed by atoms with Crippen molar-refractivity contribution in [3.63, 3.8) is 0 Å². The lowest BCUT2D eigenvalue weighted by atomic mass is 10.1. The van der Waals surface area contributed by atoms with E-state index in [2.05, 4.69) is 5.32 Å². The molecule has 1 aliphatic heterocycles. The van der Waals surface area contributed by atoms with Crippen molar-refractivity contribution < 1.29 is 23.5 Å². The van der Waals surface area contributed by atoms with Crippen LogP contribution in [-0.2, 0) is 0 Å². The number of fused-ring (bicyclic) bond motifs is 1. The van der Waals surface area contributed by atoms with Crippen LogP contribution < -0.4 is 21.3 Å². The summed E-state index contributed by atoms with van der Waals surface area (Å²) in [5, 5.41) is 2.07. The summed E-state index contributed by atoms with van der Waals surface area (Å²) in [5.74, 6) is -2.94. The molecule has 0 unspecified atom stereocenters. The number of hydrogen-bond acceptors (Lipinski definition) is 6. The van der Waals surface area contributed by atoms with Gasteiger partial charge in [0.25, 0.3) is 17.4 Å². The van der Waals surface area contributed by atoms with E-state index in [4.69, 9.17) is 10.5 Å². The smallest absolute Gasteiger partial charge is 0.345 e. The summed E-state index contributed by atoms with van der Waals surface area (Å²) in [5.41, 5.74) is 5.10. The van der Waals surface area contributed by atoms with Crippen molar-refractivity contribution in [2.75, 3.05) is 5.73 Å². The molecule has 3 N–H and O–H groups in total. The predicted octanol–water partition coefficient (Wildman–Crippen LogP) is 1.66. The average Bonchev–Trinajstić information content (AvgIpc) is 2.97. The minimum atomic E-state index is -0.820. The van der Waals surface area contributed by atoms with Gasteiger partial charge in [-0.05, 0) is 36.4 Å². The number of pyridine rings is 1. The van der Waals surface area contributed by atoms with Gasteiger partial charge in [0, 0.05) is 6.07 Å². The summed E-state index contributed by atoms with van der Waals surface area (Å²) in [6, 6.07) is 11.8. The molecule has 2 aromatic carbocycles. The first-order chi connectivity index (χ1) is 13.9. The number of benzene rings is 2. The third-order valence-electron chi connectivity index (χ3n) is 4.34. The summed E-state index contributed by atoms with van der Waals surface area (Å²) >= 11 is 0. The molecule has 3 aromatic rings. The number of nitrogens with two attached hydrogens (primary N) is 1. The third kappa shape index (κ3) is 3.04. The van der Waals surface area contributed by atoms with Crippen LogP contribution in [0.2, 0.25) is 0 Å². The van der Waals surface area contributed by atoms with Crippen LogP contribution in [0.15, 0.2) is 59.4 Å². The number of rotatable bonds is 3. The Hall–Kier alpha value is -4.27. The highest BCUT2D eigenvalue weighted by atomic mass is 19.1. The van der Waals surface area contributed by atoms with Crippen molar-refractivity contribution in [2.45, 2.75) is 0 Å². The molecule has 4 rings (SSSR count). The Balaban J connectivity index is 1.82.